The van der Waals surface area contributed by atoms with E-state index in [1.807, 2.05) is 0 Å². The third-order valence-corrected chi connectivity index (χ3v) is 1.41. The Morgan fingerprint density at radius 2 is 1.21 bits per heavy atom. The molecule has 2 aromatic rings. The number of rotatable bonds is 2. The number of aromatic amines is 2. The summed E-state index contributed by atoms with van der Waals surface area (Å²) in [4.78, 5) is 31.5. The van der Waals surface area contributed by atoms with Crippen molar-refractivity contribution >= 4 is 11.9 Å². The minimum absolute atomic E-state index is 0. The van der Waals surface area contributed by atoms with Gasteiger partial charge in [0.15, 0.2) is 0 Å². The molecule has 0 aromatic carbocycles. The fourth-order valence-corrected chi connectivity index (χ4v) is 0.744. The summed E-state index contributed by atoms with van der Waals surface area (Å²) in [6.07, 6.45) is 5.08. The second-order valence-corrected chi connectivity index (χ2v) is 2.48. The van der Waals surface area contributed by atoms with Crippen LogP contribution in [0.5, 0.6) is 0 Å². The maximum Gasteiger partial charge on any atom is 2.00 e. The van der Waals surface area contributed by atoms with Crippen molar-refractivity contribution in [1.29, 1.82) is 0 Å². The zero-order chi connectivity index (χ0) is 12.0. The molecule has 0 saturated heterocycles. The first-order chi connectivity index (χ1) is 7.61. The molecule has 0 aliphatic rings. The molecule has 19 heavy (non-hydrogen) atoms. The molecule has 2 heterocycles. The van der Waals surface area contributed by atoms with E-state index >= 15 is 0 Å². The van der Waals surface area contributed by atoms with Gasteiger partial charge in [0.2, 0.25) is 0 Å². The van der Waals surface area contributed by atoms with Gasteiger partial charge in [0.05, 0.1) is 24.6 Å². The average Bonchev–Trinajstić information content (AvgIpc) is 2.93. The van der Waals surface area contributed by atoms with Gasteiger partial charge in [0.25, 0.3) is 0 Å². The zero-order valence-corrected chi connectivity index (χ0v) is 12.7. The van der Waals surface area contributed by atoms with Crippen molar-refractivity contribution in [2.24, 2.45) is 0 Å². The second kappa shape index (κ2) is 11.0. The van der Waals surface area contributed by atoms with Crippen LogP contribution in [0.1, 0.15) is 21.0 Å². The molecule has 0 spiro atoms. The Morgan fingerprint density at radius 3 is 1.32 bits per heavy atom. The Kier molecular flexibility index (Phi) is 12.8. The molecule has 0 bridgehead atoms. The van der Waals surface area contributed by atoms with E-state index in [1.54, 1.807) is 0 Å². The topological polar surface area (TPSA) is 204 Å². The van der Waals surface area contributed by atoms with Crippen LogP contribution in [0.3, 0.4) is 0 Å². The minimum atomic E-state index is -1.26. The van der Waals surface area contributed by atoms with Crippen LogP contribution in [0.25, 0.3) is 0 Å². The molecule has 10 nitrogen and oxygen atoms in total. The second-order valence-electron chi connectivity index (χ2n) is 2.48. The molecular formula is C8H12N4O6Zn+2. The summed E-state index contributed by atoms with van der Waals surface area (Å²) >= 11 is 0. The number of imidazole rings is 2. The summed E-state index contributed by atoms with van der Waals surface area (Å²) < 4.78 is 0. The van der Waals surface area contributed by atoms with E-state index in [9.17, 15) is 19.8 Å². The third kappa shape index (κ3) is 7.76. The van der Waals surface area contributed by atoms with Crippen LogP contribution in [0, 0.1) is 0 Å². The first-order valence-corrected chi connectivity index (χ1v) is 4.01. The van der Waals surface area contributed by atoms with Crippen molar-refractivity contribution in [3.05, 3.63) is 36.4 Å². The van der Waals surface area contributed by atoms with E-state index in [2.05, 4.69) is 19.9 Å². The summed E-state index contributed by atoms with van der Waals surface area (Å²) in [5, 5.41) is 19.7. The maximum absolute atomic E-state index is 9.87. The zero-order valence-electron chi connectivity index (χ0n) is 9.70. The Balaban J connectivity index is -0.000000233. The SMILES string of the molecule is O=C([O-])c1c[nH]cn1.O=C([O-])c1c[nH]cn1.[OH3+].[OH3+].[Zn+2]. The van der Waals surface area contributed by atoms with Gasteiger partial charge in [-0.2, -0.15) is 0 Å². The van der Waals surface area contributed by atoms with Gasteiger partial charge >= 0.3 is 19.5 Å². The van der Waals surface area contributed by atoms with Crippen LogP contribution in [-0.2, 0) is 30.4 Å². The first-order valence-electron chi connectivity index (χ1n) is 4.01. The summed E-state index contributed by atoms with van der Waals surface area (Å²) in [6, 6.07) is 0. The van der Waals surface area contributed by atoms with Crippen molar-refractivity contribution in [2.75, 3.05) is 0 Å². The normalized spacial score (nSPS) is 7.58. The monoisotopic (exact) mass is 324 g/mol. The number of hydrogen-bond acceptors (Lipinski definition) is 6. The molecule has 100 valence electrons. The van der Waals surface area contributed by atoms with Crippen LogP contribution < -0.4 is 10.2 Å². The number of carboxylic acids is 2. The van der Waals surface area contributed by atoms with Gasteiger partial charge in [-0.05, 0) is 0 Å². The Hall–Kier alpha value is -2.10. The van der Waals surface area contributed by atoms with Gasteiger partial charge in [0, 0.05) is 12.4 Å². The largest absolute Gasteiger partial charge is 2.00 e. The van der Waals surface area contributed by atoms with E-state index in [-0.39, 0.29) is 41.8 Å². The van der Waals surface area contributed by atoms with Gasteiger partial charge in [0.1, 0.15) is 11.4 Å². The van der Waals surface area contributed by atoms with Crippen molar-refractivity contribution in [3.63, 3.8) is 0 Å². The molecule has 0 aliphatic heterocycles. The minimum Gasteiger partial charge on any atom is -0.543 e. The molecule has 11 heteroatoms. The quantitative estimate of drug-likeness (QED) is 0.412. The molecule has 2 aromatic heterocycles. The summed E-state index contributed by atoms with van der Waals surface area (Å²) in [5.41, 5.74) is -0.130. The number of H-pyrrole nitrogens is 2. The molecule has 0 amide bonds. The summed E-state index contributed by atoms with van der Waals surface area (Å²) in [6.45, 7) is 0. The molecular weight excluding hydrogens is 314 g/mol. The fourth-order valence-electron chi connectivity index (χ4n) is 0.744. The molecule has 0 unspecified atom stereocenters. The number of nitrogens with one attached hydrogen (secondary N) is 2. The van der Waals surface area contributed by atoms with Crippen LogP contribution in [0.15, 0.2) is 25.0 Å². The van der Waals surface area contributed by atoms with E-state index < -0.39 is 11.9 Å². The Labute approximate surface area is 119 Å². The number of carbonyl (C=O) groups is 2. The van der Waals surface area contributed by atoms with Gasteiger partial charge in [-0.25, -0.2) is 9.97 Å². The maximum atomic E-state index is 9.87. The molecule has 8 N–H and O–H groups in total. The molecule has 0 aliphatic carbocycles. The predicted octanol–water partition coefficient (Wildman–Crippen LogP) is -4.30. The first kappa shape index (κ1) is 22.1. The van der Waals surface area contributed by atoms with Crippen molar-refractivity contribution in [2.45, 2.75) is 0 Å². The molecule has 0 saturated carbocycles. The summed E-state index contributed by atoms with van der Waals surface area (Å²) in [5.74, 6) is -2.52. The summed E-state index contributed by atoms with van der Waals surface area (Å²) in [7, 11) is 0. The van der Waals surface area contributed by atoms with Gasteiger partial charge in [-0.3, -0.25) is 0 Å². The van der Waals surface area contributed by atoms with Crippen LogP contribution in [0.4, 0.5) is 0 Å². The molecule has 0 fully saturated rings. The van der Waals surface area contributed by atoms with Crippen LogP contribution >= 0.6 is 0 Å². The number of hydrogen-bond donors (Lipinski definition) is 2. The van der Waals surface area contributed by atoms with E-state index in [4.69, 9.17) is 0 Å². The third-order valence-electron chi connectivity index (χ3n) is 1.41. The molecule has 0 radical (unpaired) electrons. The van der Waals surface area contributed by atoms with Crippen LogP contribution in [0.2, 0.25) is 0 Å². The van der Waals surface area contributed by atoms with Gasteiger partial charge < -0.3 is 40.7 Å². The standard InChI is InChI=1S/2C4H4N2O2.2H2O.Zn/c2*7-4(8)3-1-5-2-6-3;;;/h2*1-2H,(H,5,6)(H,7,8);2*1H2;/q;;;;+2. The Morgan fingerprint density at radius 1 is 0.895 bits per heavy atom. The number of carboxylic acid groups (broad SMARTS) is 2. The van der Waals surface area contributed by atoms with Crippen molar-refractivity contribution < 1.29 is 50.2 Å². The number of aromatic nitrogens is 4. The van der Waals surface area contributed by atoms with Crippen LogP contribution in [-0.4, -0.2) is 31.9 Å². The smallest absolute Gasteiger partial charge is 0.543 e. The van der Waals surface area contributed by atoms with Gasteiger partial charge in [-0.15, -0.1) is 0 Å². The molecule has 0 atom stereocenters. The molecule has 2 rings (SSSR count). The van der Waals surface area contributed by atoms with E-state index in [0.29, 0.717) is 0 Å². The number of aromatic carboxylic acids is 2. The van der Waals surface area contributed by atoms with E-state index in [1.165, 1.54) is 25.0 Å². The number of carbonyl (C=O) groups excluding carboxylic acids is 2. The van der Waals surface area contributed by atoms with Gasteiger partial charge in [-0.1, -0.05) is 0 Å². The van der Waals surface area contributed by atoms with E-state index in [0.717, 1.165) is 0 Å². The van der Waals surface area contributed by atoms with Crippen molar-refractivity contribution in [1.82, 2.24) is 19.9 Å². The number of nitrogens with zero attached hydrogens (tertiary/aromatic N) is 2. The average molecular weight is 326 g/mol. The Bertz CT molecular complexity index is 413. The van der Waals surface area contributed by atoms with Crippen molar-refractivity contribution in [3.8, 4) is 0 Å². The fraction of sp³-hybridized carbons (Fsp3) is 0. The predicted molar refractivity (Wildman–Crippen MR) is 55.6 cm³/mol.